The zero-order chi connectivity index (χ0) is 20.1. The number of nitrogens with one attached hydrogen (secondary N) is 1. The Morgan fingerprint density at radius 1 is 1.20 bits per heavy atom. The second kappa shape index (κ2) is 5.42. The fraction of sp³-hybridized carbons (Fsp3) is 0.462. The lowest BCUT2D eigenvalue weighted by atomic mass is 9.58. The molecule has 7 rings (SSSR count). The first kappa shape index (κ1) is 17.2. The first-order chi connectivity index (χ1) is 14.5. The van der Waals surface area contributed by atoms with Crippen molar-refractivity contribution in [2.24, 2.45) is 11.3 Å². The topological polar surface area (TPSA) is 55.0 Å². The third-order valence-electron chi connectivity index (χ3n) is 8.84. The van der Waals surface area contributed by atoms with Gasteiger partial charge in [0, 0.05) is 29.6 Å². The van der Waals surface area contributed by atoms with E-state index in [0.29, 0.717) is 24.5 Å². The SMILES string of the molecule is CC12CC=C3C=C4CCC(=O)C[C@]45CC[C@]3(O5)[C@@H]1CC=C2c1ccc2cn[nH]c2c1. The van der Waals surface area contributed by atoms with Gasteiger partial charge in [0.2, 0.25) is 0 Å². The zero-order valence-electron chi connectivity index (χ0n) is 17.3. The molecule has 1 N–H and O–H groups in total. The molecule has 4 heteroatoms. The summed E-state index contributed by atoms with van der Waals surface area (Å²) in [7, 11) is 0. The Hall–Kier alpha value is -2.46. The van der Waals surface area contributed by atoms with Crippen molar-refractivity contribution in [3.8, 4) is 0 Å². The number of H-pyrrole nitrogens is 1. The first-order valence-electron chi connectivity index (χ1n) is 11.3. The lowest BCUT2D eigenvalue weighted by Gasteiger charge is -2.53. The van der Waals surface area contributed by atoms with Gasteiger partial charge in [-0.2, -0.15) is 5.10 Å². The minimum absolute atomic E-state index is 0.0484. The molecule has 2 spiro atoms. The van der Waals surface area contributed by atoms with E-state index in [4.69, 9.17) is 4.74 Å². The summed E-state index contributed by atoms with van der Waals surface area (Å²) < 4.78 is 7.07. The summed E-state index contributed by atoms with van der Waals surface area (Å²) in [6.45, 7) is 2.43. The Morgan fingerprint density at radius 3 is 3.07 bits per heavy atom. The monoisotopic (exact) mass is 398 g/mol. The highest BCUT2D eigenvalue weighted by molar-refractivity contribution is 5.85. The number of hydrogen-bond acceptors (Lipinski definition) is 3. The third kappa shape index (κ3) is 1.96. The third-order valence-corrected chi connectivity index (χ3v) is 8.84. The van der Waals surface area contributed by atoms with E-state index in [1.54, 1.807) is 0 Å². The predicted octanol–water partition coefficient (Wildman–Crippen LogP) is 5.28. The molecule has 3 aliphatic carbocycles. The number of Topliss-reactive ketones (excluding diaryl/α,β-unsaturated/α-hetero) is 1. The number of aromatic nitrogens is 2. The maximum absolute atomic E-state index is 12.3. The minimum atomic E-state index is -0.317. The number of ketones is 1. The summed E-state index contributed by atoms with van der Waals surface area (Å²) in [5, 5.41) is 8.46. The van der Waals surface area contributed by atoms with Crippen LogP contribution >= 0.6 is 0 Å². The Bertz CT molecular complexity index is 1220. The van der Waals surface area contributed by atoms with E-state index in [9.17, 15) is 4.79 Å². The van der Waals surface area contributed by atoms with E-state index in [0.717, 1.165) is 43.0 Å². The van der Waals surface area contributed by atoms with Gasteiger partial charge in [-0.25, -0.2) is 0 Å². The van der Waals surface area contributed by atoms with E-state index >= 15 is 0 Å². The van der Waals surface area contributed by atoms with Crippen LogP contribution in [0.15, 0.2) is 53.8 Å². The second-order valence-electron chi connectivity index (χ2n) is 10.2. The number of rotatable bonds is 1. The van der Waals surface area contributed by atoms with E-state index in [2.05, 4.69) is 53.5 Å². The molecule has 1 saturated heterocycles. The Labute approximate surface area is 176 Å². The van der Waals surface area contributed by atoms with Crippen molar-refractivity contribution < 1.29 is 9.53 Å². The van der Waals surface area contributed by atoms with Crippen molar-refractivity contribution in [3.63, 3.8) is 0 Å². The van der Waals surface area contributed by atoms with Gasteiger partial charge in [0.05, 0.1) is 22.9 Å². The van der Waals surface area contributed by atoms with Crippen molar-refractivity contribution in [1.82, 2.24) is 10.2 Å². The quantitative estimate of drug-likeness (QED) is 0.711. The highest BCUT2D eigenvalue weighted by Gasteiger charge is 2.65. The van der Waals surface area contributed by atoms with E-state index in [-0.39, 0.29) is 16.6 Å². The van der Waals surface area contributed by atoms with Gasteiger partial charge in [0.1, 0.15) is 5.78 Å². The molecule has 30 heavy (non-hydrogen) atoms. The average Bonchev–Trinajstić information content (AvgIpc) is 3.41. The standard InChI is InChI=1S/C26H26N2O2/c1-24-9-8-19-13-18-4-5-20(29)14-25(18)10-11-26(19,30-25)23(24)7-6-21(24)16-2-3-17-15-27-28-22(17)12-16/h2-3,6,8,12-13,15,23H,4-5,7,9-11,14H2,1H3,(H,27,28)/t23-,24?,25-,26-/m1/s1. The molecule has 0 radical (unpaired) electrons. The number of benzene rings is 1. The fourth-order valence-electron chi connectivity index (χ4n) is 7.35. The molecule has 3 heterocycles. The number of allylic oxidation sites excluding steroid dienone is 3. The Balaban J connectivity index is 1.33. The highest BCUT2D eigenvalue weighted by Crippen LogP contribution is 2.67. The average molecular weight is 399 g/mol. The van der Waals surface area contributed by atoms with Crippen LogP contribution in [0.5, 0.6) is 0 Å². The van der Waals surface area contributed by atoms with Crippen molar-refractivity contribution in [1.29, 1.82) is 0 Å². The molecule has 0 amide bonds. The van der Waals surface area contributed by atoms with Gasteiger partial charge < -0.3 is 4.74 Å². The number of carbonyl (C=O) groups is 1. The zero-order valence-corrected chi connectivity index (χ0v) is 17.3. The summed E-state index contributed by atoms with van der Waals surface area (Å²) in [5.74, 6) is 0.792. The van der Waals surface area contributed by atoms with Crippen LogP contribution in [0.25, 0.3) is 16.5 Å². The first-order valence-corrected chi connectivity index (χ1v) is 11.3. The van der Waals surface area contributed by atoms with Crippen LogP contribution in [-0.4, -0.2) is 27.2 Å². The highest BCUT2D eigenvalue weighted by atomic mass is 16.5. The van der Waals surface area contributed by atoms with Crippen molar-refractivity contribution in [2.75, 3.05) is 0 Å². The molecule has 2 aromatic rings. The van der Waals surface area contributed by atoms with Gasteiger partial charge in [-0.1, -0.05) is 37.3 Å². The fourth-order valence-corrected chi connectivity index (χ4v) is 7.35. The summed E-state index contributed by atoms with van der Waals surface area (Å²) >= 11 is 0. The molecular formula is C26H26N2O2. The number of aromatic amines is 1. The van der Waals surface area contributed by atoms with Crippen LogP contribution in [0.3, 0.4) is 0 Å². The van der Waals surface area contributed by atoms with Crippen LogP contribution in [-0.2, 0) is 9.53 Å². The summed E-state index contributed by atoms with van der Waals surface area (Å²) in [4.78, 5) is 12.3. The lowest BCUT2D eigenvalue weighted by Crippen LogP contribution is -2.53. The number of hydrogen-bond donors (Lipinski definition) is 1. The van der Waals surface area contributed by atoms with Crippen LogP contribution in [0.2, 0.25) is 0 Å². The summed E-state index contributed by atoms with van der Waals surface area (Å²) in [5.41, 5.74) is 6.08. The molecule has 4 atom stereocenters. The maximum Gasteiger partial charge on any atom is 0.136 e. The number of nitrogens with zero attached hydrogens (tertiary/aromatic N) is 1. The van der Waals surface area contributed by atoms with Gasteiger partial charge in [0.25, 0.3) is 0 Å². The van der Waals surface area contributed by atoms with Crippen molar-refractivity contribution in [2.45, 2.75) is 63.1 Å². The summed E-state index contributed by atoms with van der Waals surface area (Å²) in [6.07, 6.45) is 15.4. The van der Waals surface area contributed by atoms with Gasteiger partial charge in [-0.3, -0.25) is 9.89 Å². The number of fused-ring (bicyclic) bond motifs is 2. The lowest BCUT2D eigenvalue weighted by molar-refractivity contribution is -0.143. The van der Waals surface area contributed by atoms with Gasteiger partial charge >= 0.3 is 0 Å². The molecule has 2 fully saturated rings. The van der Waals surface area contributed by atoms with E-state index in [1.165, 1.54) is 22.3 Å². The molecule has 4 nitrogen and oxygen atoms in total. The number of ether oxygens (including phenoxy) is 1. The van der Waals surface area contributed by atoms with Crippen LogP contribution in [0, 0.1) is 11.3 Å². The van der Waals surface area contributed by atoms with E-state index in [1.807, 2.05) is 6.20 Å². The molecule has 1 aromatic carbocycles. The Kier molecular flexibility index (Phi) is 3.11. The van der Waals surface area contributed by atoms with E-state index < -0.39 is 0 Å². The molecule has 2 aliphatic heterocycles. The molecule has 5 aliphatic rings. The van der Waals surface area contributed by atoms with Gasteiger partial charge in [0.15, 0.2) is 0 Å². The predicted molar refractivity (Wildman–Crippen MR) is 116 cm³/mol. The Morgan fingerprint density at radius 2 is 2.13 bits per heavy atom. The molecule has 152 valence electrons. The van der Waals surface area contributed by atoms with Gasteiger partial charge in [-0.05, 0) is 60.5 Å². The van der Waals surface area contributed by atoms with Crippen LogP contribution in [0.1, 0.15) is 57.4 Å². The maximum atomic E-state index is 12.3. The molecule has 2 bridgehead atoms. The molecular weight excluding hydrogens is 372 g/mol. The van der Waals surface area contributed by atoms with Gasteiger partial charge in [-0.15, -0.1) is 0 Å². The smallest absolute Gasteiger partial charge is 0.136 e. The van der Waals surface area contributed by atoms with Crippen LogP contribution in [0.4, 0.5) is 0 Å². The normalized spacial score (nSPS) is 39.2. The second-order valence-corrected chi connectivity index (χ2v) is 10.2. The minimum Gasteiger partial charge on any atom is -0.359 e. The molecule has 1 unspecified atom stereocenters. The largest absolute Gasteiger partial charge is 0.359 e. The summed E-state index contributed by atoms with van der Waals surface area (Å²) in [6, 6.07) is 6.65. The van der Waals surface area contributed by atoms with Crippen molar-refractivity contribution >= 4 is 22.3 Å². The number of carbonyl (C=O) groups excluding carboxylic acids is 1. The van der Waals surface area contributed by atoms with Crippen molar-refractivity contribution in [3.05, 3.63) is 59.3 Å². The molecule has 1 saturated carbocycles. The van der Waals surface area contributed by atoms with Crippen LogP contribution < -0.4 is 0 Å². The molecule has 1 aromatic heterocycles.